The van der Waals surface area contributed by atoms with Crippen molar-refractivity contribution in [1.82, 2.24) is 0 Å². The first-order valence-corrected chi connectivity index (χ1v) is 6.64. The van der Waals surface area contributed by atoms with Crippen LogP contribution in [0.4, 0.5) is 11.4 Å². The van der Waals surface area contributed by atoms with E-state index in [0.717, 1.165) is 6.07 Å². The van der Waals surface area contributed by atoms with E-state index in [-0.39, 0.29) is 23.5 Å². The number of carbonyl (C=O) groups excluding carboxylic acids is 1. The molecule has 0 saturated carbocycles. The maximum absolute atomic E-state index is 11.6. The zero-order valence-corrected chi connectivity index (χ0v) is 12.1. The second-order valence-corrected chi connectivity index (χ2v) is 4.51. The minimum absolute atomic E-state index is 0.232. The van der Waals surface area contributed by atoms with Crippen LogP contribution >= 0.6 is 0 Å². The van der Waals surface area contributed by atoms with Gasteiger partial charge in [-0.15, -0.1) is 0 Å². The standard InChI is InChI=1S/C15H12N2O6/c1-2-23-15(18)11-5-3-10(4-6-11)13-8-7-12(16(19)20)9-14(13)17(21)22/h3-9H,2H2,1H3. The molecule has 2 aromatic rings. The quantitative estimate of drug-likeness (QED) is 0.475. The van der Waals surface area contributed by atoms with Gasteiger partial charge in [-0.3, -0.25) is 20.2 Å². The molecule has 0 aliphatic carbocycles. The van der Waals surface area contributed by atoms with Gasteiger partial charge in [-0.2, -0.15) is 0 Å². The van der Waals surface area contributed by atoms with Gasteiger partial charge in [0, 0.05) is 6.07 Å². The minimum atomic E-state index is -0.694. The van der Waals surface area contributed by atoms with Gasteiger partial charge in [-0.25, -0.2) is 4.79 Å². The Morgan fingerprint density at radius 1 is 1.04 bits per heavy atom. The molecule has 8 heteroatoms. The molecule has 0 fully saturated rings. The van der Waals surface area contributed by atoms with Crippen LogP contribution in [0.1, 0.15) is 17.3 Å². The van der Waals surface area contributed by atoms with Gasteiger partial charge in [0.25, 0.3) is 11.4 Å². The third-order valence-electron chi connectivity index (χ3n) is 3.10. The lowest BCUT2D eigenvalue weighted by Gasteiger charge is -2.05. The number of esters is 1. The van der Waals surface area contributed by atoms with Crippen LogP contribution in [0.3, 0.4) is 0 Å². The highest BCUT2D eigenvalue weighted by Crippen LogP contribution is 2.33. The number of nitro groups is 2. The smallest absolute Gasteiger partial charge is 0.338 e. The van der Waals surface area contributed by atoms with E-state index in [1.807, 2.05) is 0 Å². The van der Waals surface area contributed by atoms with Crippen LogP contribution in [0.2, 0.25) is 0 Å². The number of nitro benzene ring substituents is 2. The average molecular weight is 316 g/mol. The molecule has 0 amide bonds. The van der Waals surface area contributed by atoms with E-state index >= 15 is 0 Å². The highest BCUT2D eigenvalue weighted by molar-refractivity contribution is 5.90. The summed E-state index contributed by atoms with van der Waals surface area (Å²) < 4.78 is 4.86. The van der Waals surface area contributed by atoms with Crippen LogP contribution in [0, 0.1) is 20.2 Å². The molecule has 2 aromatic carbocycles. The Morgan fingerprint density at radius 3 is 2.22 bits per heavy atom. The number of hydrogen-bond acceptors (Lipinski definition) is 6. The van der Waals surface area contributed by atoms with Crippen molar-refractivity contribution in [1.29, 1.82) is 0 Å². The predicted octanol–water partition coefficient (Wildman–Crippen LogP) is 3.35. The number of rotatable bonds is 5. The third-order valence-corrected chi connectivity index (χ3v) is 3.10. The fourth-order valence-electron chi connectivity index (χ4n) is 2.03. The van der Waals surface area contributed by atoms with Crippen LogP contribution in [-0.2, 0) is 4.74 Å². The number of nitrogens with zero attached hydrogens (tertiary/aromatic N) is 2. The minimum Gasteiger partial charge on any atom is -0.462 e. The molecule has 8 nitrogen and oxygen atoms in total. The lowest BCUT2D eigenvalue weighted by atomic mass is 10.0. The van der Waals surface area contributed by atoms with Crippen molar-refractivity contribution in [2.24, 2.45) is 0 Å². The lowest BCUT2D eigenvalue weighted by Crippen LogP contribution is -2.04. The Morgan fingerprint density at radius 2 is 1.70 bits per heavy atom. The van der Waals surface area contributed by atoms with Gasteiger partial charge in [0.05, 0.1) is 33.6 Å². The zero-order chi connectivity index (χ0) is 17.0. The van der Waals surface area contributed by atoms with E-state index in [4.69, 9.17) is 4.74 Å². The maximum Gasteiger partial charge on any atom is 0.338 e. The summed E-state index contributed by atoms with van der Waals surface area (Å²) in [6.45, 7) is 1.93. The van der Waals surface area contributed by atoms with Gasteiger partial charge in [-0.1, -0.05) is 12.1 Å². The molecular weight excluding hydrogens is 304 g/mol. The number of non-ortho nitro benzene ring substituents is 1. The molecule has 0 aliphatic heterocycles. The van der Waals surface area contributed by atoms with Gasteiger partial charge >= 0.3 is 5.97 Å². The van der Waals surface area contributed by atoms with Crippen molar-refractivity contribution >= 4 is 17.3 Å². The zero-order valence-electron chi connectivity index (χ0n) is 12.1. The molecule has 118 valence electrons. The van der Waals surface area contributed by atoms with Gasteiger partial charge in [0.2, 0.25) is 0 Å². The number of ether oxygens (including phenoxy) is 1. The summed E-state index contributed by atoms with van der Waals surface area (Å²) in [5.41, 5.74) is 0.294. The lowest BCUT2D eigenvalue weighted by molar-refractivity contribution is -0.393. The first-order chi connectivity index (χ1) is 10.9. The Hall–Kier alpha value is -3.29. The number of carbonyl (C=O) groups is 1. The van der Waals surface area contributed by atoms with E-state index in [2.05, 4.69) is 0 Å². The molecule has 0 bridgehead atoms. The van der Waals surface area contributed by atoms with Crippen LogP contribution in [0.5, 0.6) is 0 Å². The fourth-order valence-corrected chi connectivity index (χ4v) is 2.03. The first-order valence-electron chi connectivity index (χ1n) is 6.64. The maximum atomic E-state index is 11.6. The molecule has 0 radical (unpaired) electrons. The van der Waals surface area contributed by atoms with Gasteiger partial charge in [0.15, 0.2) is 0 Å². The van der Waals surface area contributed by atoms with Gasteiger partial charge < -0.3 is 4.74 Å². The first kappa shape index (κ1) is 16.1. The van der Waals surface area contributed by atoms with E-state index in [9.17, 15) is 25.0 Å². The van der Waals surface area contributed by atoms with E-state index in [1.165, 1.54) is 36.4 Å². The normalized spacial score (nSPS) is 10.1. The monoisotopic (exact) mass is 316 g/mol. The third kappa shape index (κ3) is 3.49. The van der Waals surface area contributed by atoms with Crippen molar-refractivity contribution in [2.45, 2.75) is 6.92 Å². The summed E-state index contributed by atoms with van der Waals surface area (Å²) in [6.07, 6.45) is 0. The van der Waals surface area contributed by atoms with Gasteiger partial charge in [-0.05, 0) is 30.7 Å². The molecule has 0 heterocycles. The van der Waals surface area contributed by atoms with Crippen molar-refractivity contribution in [3.05, 3.63) is 68.3 Å². The summed E-state index contributed by atoms with van der Waals surface area (Å²) in [5.74, 6) is -0.489. The Balaban J connectivity index is 2.43. The summed E-state index contributed by atoms with van der Waals surface area (Å²) >= 11 is 0. The number of hydrogen-bond donors (Lipinski definition) is 0. The topological polar surface area (TPSA) is 113 Å². The molecule has 0 aliphatic rings. The van der Waals surface area contributed by atoms with Crippen LogP contribution in [0.25, 0.3) is 11.1 Å². The Labute approximate surface area is 130 Å². The number of benzene rings is 2. The highest BCUT2D eigenvalue weighted by atomic mass is 16.6. The summed E-state index contributed by atoms with van der Waals surface area (Å²) in [6, 6.07) is 9.45. The summed E-state index contributed by atoms with van der Waals surface area (Å²) in [7, 11) is 0. The average Bonchev–Trinajstić information content (AvgIpc) is 2.54. The Kier molecular flexibility index (Phi) is 4.65. The van der Waals surface area contributed by atoms with E-state index < -0.39 is 15.8 Å². The second kappa shape index (κ2) is 6.65. The molecule has 0 atom stereocenters. The van der Waals surface area contributed by atoms with Crippen molar-refractivity contribution in [3.8, 4) is 11.1 Å². The van der Waals surface area contributed by atoms with Crippen molar-refractivity contribution < 1.29 is 19.4 Å². The van der Waals surface area contributed by atoms with E-state index in [0.29, 0.717) is 11.1 Å². The van der Waals surface area contributed by atoms with Crippen LogP contribution in [-0.4, -0.2) is 22.4 Å². The fraction of sp³-hybridized carbons (Fsp3) is 0.133. The SMILES string of the molecule is CCOC(=O)c1ccc(-c2ccc([N+](=O)[O-])cc2[N+](=O)[O-])cc1. The molecule has 0 saturated heterocycles. The van der Waals surface area contributed by atoms with E-state index in [1.54, 1.807) is 6.92 Å². The summed E-state index contributed by atoms with van der Waals surface area (Å²) in [5, 5.41) is 21.9. The summed E-state index contributed by atoms with van der Waals surface area (Å²) in [4.78, 5) is 32.1. The Bertz CT molecular complexity index is 770. The molecule has 2 rings (SSSR count). The highest BCUT2D eigenvalue weighted by Gasteiger charge is 2.20. The van der Waals surface area contributed by atoms with Crippen molar-refractivity contribution in [3.63, 3.8) is 0 Å². The largest absolute Gasteiger partial charge is 0.462 e. The van der Waals surface area contributed by atoms with Crippen LogP contribution < -0.4 is 0 Å². The molecule has 0 spiro atoms. The van der Waals surface area contributed by atoms with Gasteiger partial charge in [0.1, 0.15) is 0 Å². The molecule has 0 aromatic heterocycles. The van der Waals surface area contributed by atoms with Crippen LogP contribution in [0.15, 0.2) is 42.5 Å². The predicted molar refractivity (Wildman–Crippen MR) is 81.1 cm³/mol. The molecule has 0 unspecified atom stereocenters. The molecule has 23 heavy (non-hydrogen) atoms. The molecular formula is C15H12N2O6. The molecule has 0 N–H and O–H groups in total. The van der Waals surface area contributed by atoms with Crippen molar-refractivity contribution in [2.75, 3.05) is 6.61 Å². The second-order valence-electron chi connectivity index (χ2n) is 4.51.